The first-order valence-corrected chi connectivity index (χ1v) is 5.51. The number of carbonyl (C=O) groups excluding carboxylic acids is 1. The van der Waals surface area contributed by atoms with Crippen LogP contribution in [0.1, 0.15) is 0 Å². The summed E-state index contributed by atoms with van der Waals surface area (Å²) >= 11 is 11.6. The molecule has 0 spiro atoms. The van der Waals surface area contributed by atoms with Crippen LogP contribution in [0.3, 0.4) is 0 Å². The summed E-state index contributed by atoms with van der Waals surface area (Å²) in [7, 11) is 1.54. The van der Waals surface area contributed by atoms with Crippen LogP contribution >= 0.6 is 23.2 Å². The van der Waals surface area contributed by atoms with E-state index in [0.29, 0.717) is 22.3 Å². The van der Waals surface area contributed by atoms with Crippen molar-refractivity contribution in [2.45, 2.75) is 0 Å². The summed E-state index contributed by atoms with van der Waals surface area (Å²) in [5, 5.41) is 3.39. The summed E-state index contributed by atoms with van der Waals surface area (Å²) in [6.07, 6.45) is 0. The number of hydrogen-bond donors (Lipinski definition) is 2. The maximum absolute atomic E-state index is 11.3. The molecule has 0 fully saturated rings. The maximum atomic E-state index is 11.3. The Bertz CT molecular complexity index is 368. The van der Waals surface area contributed by atoms with Crippen molar-refractivity contribution in [1.82, 2.24) is 5.48 Å². The lowest BCUT2D eigenvalue weighted by Crippen LogP contribution is -2.30. The van der Waals surface area contributed by atoms with Gasteiger partial charge in [-0.2, -0.15) is 0 Å². The van der Waals surface area contributed by atoms with Gasteiger partial charge in [0, 0.05) is 22.8 Å². The van der Waals surface area contributed by atoms with Gasteiger partial charge in [-0.3, -0.25) is 4.84 Å². The number of anilines is 1. The van der Waals surface area contributed by atoms with E-state index in [0.717, 1.165) is 0 Å². The molecule has 0 aromatic heterocycles. The third-order valence-corrected chi connectivity index (χ3v) is 2.11. The molecule has 0 heterocycles. The molecule has 0 aliphatic carbocycles. The summed E-state index contributed by atoms with van der Waals surface area (Å²) < 4.78 is 4.74. The molecular formula is C10H12Cl2N2O3. The van der Waals surface area contributed by atoms with Crippen LogP contribution in [0, 0.1) is 0 Å². The van der Waals surface area contributed by atoms with Crippen LogP contribution in [0.4, 0.5) is 10.5 Å². The van der Waals surface area contributed by atoms with E-state index in [9.17, 15) is 4.79 Å². The molecule has 0 atom stereocenters. The minimum atomic E-state index is -0.514. The van der Waals surface area contributed by atoms with E-state index in [4.69, 9.17) is 32.8 Å². The normalized spacial score (nSPS) is 10.1. The molecule has 7 heteroatoms. The van der Waals surface area contributed by atoms with E-state index < -0.39 is 6.03 Å². The van der Waals surface area contributed by atoms with Gasteiger partial charge in [0.2, 0.25) is 0 Å². The molecule has 0 saturated heterocycles. The van der Waals surface area contributed by atoms with E-state index in [1.807, 2.05) is 0 Å². The van der Waals surface area contributed by atoms with Crippen molar-refractivity contribution < 1.29 is 14.4 Å². The molecule has 2 amide bonds. The Kier molecular flexibility index (Phi) is 6.07. The van der Waals surface area contributed by atoms with E-state index in [1.165, 1.54) is 7.11 Å². The van der Waals surface area contributed by atoms with Gasteiger partial charge in [-0.15, -0.1) is 0 Å². The van der Waals surface area contributed by atoms with Gasteiger partial charge in [-0.25, -0.2) is 10.3 Å². The van der Waals surface area contributed by atoms with Crippen molar-refractivity contribution in [3.63, 3.8) is 0 Å². The number of hydroxylamine groups is 1. The fourth-order valence-corrected chi connectivity index (χ4v) is 1.55. The van der Waals surface area contributed by atoms with Gasteiger partial charge in [0.1, 0.15) is 0 Å². The van der Waals surface area contributed by atoms with Crippen LogP contribution in [0.25, 0.3) is 0 Å². The minimum Gasteiger partial charge on any atom is -0.382 e. The molecule has 94 valence electrons. The zero-order chi connectivity index (χ0) is 12.7. The van der Waals surface area contributed by atoms with E-state index in [-0.39, 0.29) is 6.61 Å². The third-order valence-electron chi connectivity index (χ3n) is 1.67. The van der Waals surface area contributed by atoms with Crippen LogP contribution in [-0.2, 0) is 9.57 Å². The van der Waals surface area contributed by atoms with Crippen LogP contribution in [0.2, 0.25) is 10.0 Å². The first-order valence-electron chi connectivity index (χ1n) is 4.75. The number of rotatable bonds is 5. The SMILES string of the molecule is COCCONC(=O)Nc1cc(Cl)cc(Cl)c1. The number of methoxy groups -OCH3 is 1. The fraction of sp³-hybridized carbons (Fsp3) is 0.300. The third kappa shape index (κ3) is 5.74. The standard InChI is InChI=1S/C10H12Cl2N2O3/c1-16-2-3-17-14-10(15)13-9-5-7(11)4-8(12)6-9/h4-6H,2-3H2,1H3,(H2,13,14,15). The second-order valence-electron chi connectivity index (χ2n) is 3.06. The molecule has 0 aliphatic heterocycles. The van der Waals surface area contributed by atoms with Gasteiger partial charge < -0.3 is 10.1 Å². The Morgan fingerprint density at radius 1 is 1.24 bits per heavy atom. The number of urea groups is 1. The summed E-state index contributed by atoms with van der Waals surface area (Å²) in [5.41, 5.74) is 2.67. The molecule has 0 saturated carbocycles. The number of amides is 2. The summed E-state index contributed by atoms with van der Waals surface area (Å²) in [6.45, 7) is 0.656. The van der Waals surface area contributed by atoms with Gasteiger partial charge in [0.05, 0.1) is 13.2 Å². The van der Waals surface area contributed by atoms with Crippen molar-refractivity contribution in [3.8, 4) is 0 Å². The van der Waals surface area contributed by atoms with E-state index >= 15 is 0 Å². The van der Waals surface area contributed by atoms with E-state index in [2.05, 4.69) is 10.8 Å². The maximum Gasteiger partial charge on any atom is 0.343 e. The van der Waals surface area contributed by atoms with Crippen LogP contribution < -0.4 is 10.8 Å². The van der Waals surface area contributed by atoms with Gasteiger partial charge in [-0.1, -0.05) is 23.2 Å². The number of carbonyl (C=O) groups is 1. The fourth-order valence-electron chi connectivity index (χ4n) is 1.02. The molecule has 1 aromatic rings. The molecule has 0 aliphatic rings. The quantitative estimate of drug-likeness (QED) is 0.643. The highest BCUT2D eigenvalue weighted by Gasteiger charge is 2.03. The number of nitrogens with one attached hydrogen (secondary N) is 2. The number of ether oxygens (including phenoxy) is 1. The predicted octanol–water partition coefficient (Wildman–Crippen LogP) is 2.69. The number of hydrogen-bond acceptors (Lipinski definition) is 3. The van der Waals surface area contributed by atoms with Crippen molar-refractivity contribution in [2.75, 3.05) is 25.6 Å². The van der Waals surface area contributed by atoms with Gasteiger partial charge in [-0.05, 0) is 18.2 Å². The topological polar surface area (TPSA) is 59.6 Å². The number of benzene rings is 1. The smallest absolute Gasteiger partial charge is 0.343 e. The molecule has 1 aromatic carbocycles. The van der Waals surface area contributed by atoms with Crippen molar-refractivity contribution in [1.29, 1.82) is 0 Å². The second kappa shape index (κ2) is 7.34. The van der Waals surface area contributed by atoms with Crippen LogP contribution in [0.15, 0.2) is 18.2 Å². The van der Waals surface area contributed by atoms with E-state index in [1.54, 1.807) is 18.2 Å². The van der Waals surface area contributed by atoms with Crippen molar-refractivity contribution >= 4 is 34.9 Å². The van der Waals surface area contributed by atoms with Gasteiger partial charge >= 0.3 is 6.03 Å². The zero-order valence-electron chi connectivity index (χ0n) is 9.13. The lowest BCUT2D eigenvalue weighted by Gasteiger charge is -2.08. The second-order valence-corrected chi connectivity index (χ2v) is 3.93. The zero-order valence-corrected chi connectivity index (χ0v) is 10.6. The molecule has 17 heavy (non-hydrogen) atoms. The largest absolute Gasteiger partial charge is 0.382 e. The highest BCUT2D eigenvalue weighted by atomic mass is 35.5. The monoisotopic (exact) mass is 278 g/mol. The van der Waals surface area contributed by atoms with Crippen molar-refractivity contribution in [3.05, 3.63) is 28.2 Å². The average molecular weight is 279 g/mol. The Labute approximate surface area is 109 Å². The Morgan fingerprint density at radius 3 is 2.47 bits per heavy atom. The van der Waals surface area contributed by atoms with Gasteiger partial charge in [0.25, 0.3) is 0 Å². The van der Waals surface area contributed by atoms with Crippen LogP contribution in [-0.4, -0.2) is 26.4 Å². The summed E-state index contributed by atoms with van der Waals surface area (Å²) in [4.78, 5) is 16.1. The molecule has 1 rings (SSSR count). The highest BCUT2D eigenvalue weighted by Crippen LogP contribution is 2.22. The minimum absolute atomic E-state index is 0.264. The summed E-state index contributed by atoms with van der Waals surface area (Å²) in [6, 6.07) is 4.20. The lowest BCUT2D eigenvalue weighted by atomic mass is 10.3. The molecule has 0 bridgehead atoms. The molecular weight excluding hydrogens is 267 g/mol. The van der Waals surface area contributed by atoms with Gasteiger partial charge in [0.15, 0.2) is 0 Å². The molecule has 2 N–H and O–H groups in total. The molecule has 0 radical (unpaired) electrons. The van der Waals surface area contributed by atoms with Crippen LogP contribution in [0.5, 0.6) is 0 Å². The average Bonchev–Trinajstić information content (AvgIpc) is 2.23. The first-order chi connectivity index (χ1) is 8.11. The Morgan fingerprint density at radius 2 is 1.88 bits per heavy atom. The lowest BCUT2D eigenvalue weighted by molar-refractivity contribution is 0.0272. The molecule has 5 nitrogen and oxygen atoms in total. The predicted molar refractivity (Wildman–Crippen MR) is 66.4 cm³/mol. The Hall–Kier alpha value is -1.01. The van der Waals surface area contributed by atoms with Crippen molar-refractivity contribution in [2.24, 2.45) is 0 Å². The highest BCUT2D eigenvalue weighted by molar-refractivity contribution is 6.35. The first kappa shape index (κ1) is 14.1. The number of halogens is 2. The summed E-state index contributed by atoms with van der Waals surface area (Å²) in [5.74, 6) is 0. The Balaban J connectivity index is 2.39. The molecule has 0 unspecified atom stereocenters.